The van der Waals surface area contributed by atoms with E-state index in [0.717, 1.165) is 6.42 Å². The summed E-state index contributed by atoms with van der Waals surface area (Å²) in [4.78, 5) is 0. The predicted molar refractivity (Wildman–Crippen MR) is 62.6 cm³/mol. The van der Waals surface area contributed by atoms with E-state index in [0.29, 0.717) is 13.0 Å². The van der Waals surface area contributed by atoms with Gasteiger partial charge in [-0.25, -0.2) is 13.1 Å². The van der Waals surface area contributed by atoms with Gasteiger partial charge in [-0.3, -0.25) is 0 Å². The minimum Gasteiger partial charge on any atom is -0.396 e. The number of sulfonamides is 1. The van der Waals surface area contributed by atoms with Crippen molar-refractivity contribution < 1.29 is 13.5 Å². The van der Waals surface area contributed by atoms with Crippen molar-refractivity contribution in [3.8, 4) is 0 Å². The van der Waals surface area contributed by atoms with Gasteiger partial charge in [-0.2, -0.15) is 0 Å². The molecule has 0 fully saturated rings. The van der Waals surface area contributed by atoms with Crippen molar-refractivity contribution in [3.05, 3.63) is 0 Å². The molecule has 0 aromatic rings. The van der Waals surface area contributed by atoms with E-state index in [2.05, 4.69) is 4.72 Å². The van der Waals surface area contributed by atoms with Gasteiger partial charge in [0.2, 0.25) is 10.0 Å². The van der Waals surface area contributed by atoms with Crippen LogP contribution in [0, 0.1) is 5.41 Å². The Balaban J connectivity index is 4.02. The highest BCUT2D eigenvalue weighted by Crippen LogP contribution is 2.20. The molecule has 0 spiro atoms. The maximum atomic E-state index is 11.3. The predicted octanol–water partition coefficient (Wildman–Crippen LogP) is 0.943. The molecule has 0 unspecified atom stereocenters. The first-order valence-electron chi connectivity index (χ1n) is 4.97. The van der Waals surface area contributed by atoms with E-state index >= 15 is 0 Å². The Kier molecular flexibility index (Phi) is 6.75. The molecule has 0 aromatic heterocycles. The summed E-state index contributed by atoms with van der Waals surface area (Å²) in [5.41, 5.74) is -0.137. The summed E-state index contributed by atoms with van der Waals surface area (Å²) in [7, 11) is -3.23. The van der Waals surface area contributed by atoms with Crippen molar-refractivity contribution in [3.63, 3.8) is 0 Å². The largest absolute Gasteiger partial charge is 0.396 e. The molecule has 0 bridgehead atoms. The second-order valence-electron chi connectivity index (χ2n) is 4.32. The van der Waals surface area contributed by atoms with Crippen molar-refractivity contribution in [1.82, 2.24) is 4.72 Å². The fraction of sp³-hybridized carbons (Fsp3) is 1.00. The van der Waals surface area contributed by atoms with Crippen LogP contribution in [-0.4, -0.2) is 38.3 Å². The molecule has 0 atom stereocenters. The van der Waals surface area contributed by atoms with Crippen LogP contribution in [0.5, 0.6) is 0 Å². The number of aliphatic hydroxyl groups excluding tert-OH is 1. The van der Waals surface area contributed by atoms with Crippen LogP contribution in [0.1, 0.15) is 26.7 Å². The third kappa shape index (κ3) is 8.02. The molecule has 0 saturated carbocycles. The summed E-state index contributed by atoms with van der Waals surface area (Å²) >= 11 is 5.37. The second kappa shape index (κ2) is 6.68. The quantitative estimate of drug-likeness (QED) is 0.636. The van der Waals surface area contributed by atoms with E-state index in [1.165, 1.54) is 0 Å². The number of aliphatic hydroxyl groups is 1. The summed E-state index contributed by atoms with van der Waals surface area (Å²) in [5, 5.41) is 8.69. The SMILES string of the molecule is CC(C)(CCCO)CNS(=O)(=O)CCCl. The van der Waals surface area contributed by atoms with Crippen LogP contribution in [0.15, 0.2) is 0 Å². The van der Waals surface area contributed by atoms with Crippen LogP contribution >= 0.6 is 11.6 Å². The molecule has 4 nitrogen and oxygen atoms in total. The summed E-state index contributed by atoms with van der Waals surface area (Å²) in [6.45, 7) is 4.45. The molecule has 0 heterocycles. The topological polar surface area (TPSA) is 66.4 Å². The Bertz CT molecular complexity index is 265. The van der Waals surface area contributed by atoms with Crippen molar-refractivity contribution in [2.24, 2.45) is 5.41 Å². The average Bonchev–Trinajstić information content (AvgIpc) is 2.12. The molecule has 0 aromatic carbocycles. The Labute approximate surface area is 97.1 Å². The smallest absolute Gasteiger partial charge is 0.212 e. The lowest BCUT2D eigenvalue weighted by molar-refractivity contribution is 0.242. The first-order valence-corrected chi connectivity index (χ1v) is 7.16. The first-order chi connectivity index (χ1) is 6.83. The second-order valence-corrected chi connectivity index (χ2v) is 6.62. The van der Waals surface area contributed by atoms with E-state index < -0.39 is 10.0 Å². The van der Waals surface area contributed by atoms with Gasteiger partial charge in [0.05, 0.1) is 5.75 Å². The first kappa shape index (κ1) is 15.2. The molecule has 0 amide bonds. The highest BCUT2D eigenvalue weighted by atomic mass is 35.5. The molecular formula is C9H20ClNO3S. The molecule has 6 heteroatoms. The van der Waals surface area contributed by atoms with Crippen molar-refractivity contribution in [2.45, 2.75) is 26.7 Å². The number of hydrogen-bond donors (Lipinski definition) is 2. The molecular weight excluding hydrogens is 238 g/mol. The highest BCUT2D eigenvalue weighted by Gasteiger charge is 2.20. The van der Waals surface area contributed by atoms with Crippen molar-refractivity contribution in [1.29, 1.82) is 0 Å². The molecule has 0 aliphatic heterocycles. The molecule has 0 radical (unpaired) electrons. The average molecular weight is 258 g/mol. The van der Waals surface area contributed by atoms with Crippen molar-refractivity contribution in [2.75, 3.05) is 24.8 Å². The van der Waals surface area contributed by atoms with E-state index in [1.54, 1.807) is 0 Å². The Morgan fingerprint density at radius 2 is 2.00 bits per heavy atom. The summed E-state index contributed by atoms with van der Waals surface area (Å²) in [6.07, 6.45) is 1.47. The zero-order valence-corrected chi connectivity index (χ0v) is 10.9. The molecule has 0 saturated heterocycles. The maximum absolute atomic E-state index is 11.3. The zero-order valence-electron chi connectivity index (χ0n) is 9.29. The standard InChI is InChI=1S/C9H20ClNO3S/c1-9(2,4-3-6-12)8-11-15(13,14)7-5-10/h11-12H,3-8H2,1-2H3. The summed E-state index contributed by atoms with van der Waals surface area (Å²) < 4.78 is 25.1. The number of hydrogen-bond acceptors (Lipinski definition) is 3. The number of alkyl halides is 1. The van der Waals surface area contributed by atoms with Crippen LogP contribution in [0.4, 0.5) is 0 Å². The van der Waals surface area contributed by atoms with Gasteiger partial charge in [-0.1, -0.05) is 13.8 Å². The third-order valence-corrected chi connectivity index (χ3v) is 3.87. The van der Waals surface area contributed by atoms with Gasteiger partial charge >= 0.3 is 0 Å². The van der Waals surface area contributed by atoms with Gasteiger partial charge in [-0.05, 0) is 18.3 Å². The Hall–Kier alpha value is 0.160. The van der Waals surface area contributed by atoms with Gasteiger partial charge < -0.3 is 5.11 Å². The minimum absolute atomic E-state index is 0.0510. The van der Waals surface area contributed by atoms with Crippen LogP contribution in [0.3, 0.4) is 0 Å². The number of nitrogens with one attached hydrogen (secondary N) is 1. The monoisotopic (exact) mass is 257 g/mol. The Morgan fingerprint density at radius 1 is 1.40 bits per heavy atom. The van der Waals surface area contributed by atoms with E-state index in [-0.39, 0.29) is 23.7 Å². The van der Waals surface area contributed by atoms with Gasteiger partial charge in [0.25, 0.3) is 0 Å². The fourth-order valence-corrected chi connectivity index (χ4v) is 2.69. The molecule has 0 rings (SSSR count). The molecule has 0 aliphatic rings. The normalized spacial score (nSPS) is 13.1. The van der Waals surface area contributed by atoms with E-state index in [1.807, 2.05) is 13.8 Å². The van der Waals surface area contributed by atoms with Gasteiger partial charge in [0.15, 0.2) is 0 Å². The van der Waals surface area contributed by atoms with Crippen LogP contribution in [0.2, 0.25) is 0 Å². The van der Waals surface area contributed by atoms with Gasteiger partial charge in [-0.15, -0.1) is 11.6 Å². The lowest BCUT2D eigenvalue weighted by Crippen LogP contribution is -2.35. The fourth-order valence-electron chi connectivity index (χ4n) is 1.13. The molecule has 15 heavy (non-hydrogen) atoms. The lowest BCUT2D eigenvalue weighted by Gasteiger charge is -2.24. The molecule has 92 valence electrons. The van der Waals surface area contributed by atoms with E-state index in [4.69, 9.17) is 16.7 Å². The zero-order chi connectivity index (χ0) is 11.9. The third-order valence-electron chi connectivity index (χ3n) is 2.13. The number of rotatable bonds is 8. The summed E-state index contributed by atoms with van der Waals surface area (Å²) in [5.74, 6) is 0.0526. The minimum atomic E-state index is -3.23. The van der Waals surface area contributed by atoms with Crippen LogP contribution in [-0.2, 0) is 10.0 Å². The highest BCUT2D eigenvalue weighted by molar-refractivity contribution is 7.89. The van der Waals surface area contributed by atoms with Crippen LogP contribution < -0.4 is 4.72 Å². The van der Waals surface area contributed by atoms with Gasteiger partial charge in [0.1, 0.15) is 0 Å². The summed E-state index contributed by atoms with van der Waals surface area (Å²) in [6, 6.07) is 0. The number of halogens is 1. The van der Waals surface area contributed by atoms with Crippen LogP contribution in [0.25, 0.3) is 0 Å². The van der Waals surface area contributed by atoms with E-state index in [9.17, 15) is 8.42 Å². The van der Waals surface area contributed by atoms with Gasteiger partial charge in [0, 0.05) is 19.0 Å². The van der Waals surface area contributed by atoms with Crippen molar-refractivity contribution >= 4 is 21.6 Å². The molecule has 0 aliphatic carbocycles. The Morgan fingerprint density at radius 3 is 2.47 bits per heavy atom. The maximum Gasteiger partial charge on any atom is 0.212 e. The molecule has 2 N–H and O–H groups in total. The lowest BCUT2D eigenvalue weighted by atomic mass is 9.88.